The van der Waals surface area contributed by atoms with Crippen LogP contribution in [0.15, 0.2) is 29.1 Å². The fourth-order valence-electron chi connectivity index (χ4n) is 1.57. The summed E-state index contributed by atoms with van der Waals surface area (Å²) >= 11 is 0. The van der Waals surface area contributed by atoms with Crippen LogP contribution in [0.3, 0.4) is 0 Å². The molecule has 0 fully saturated rings. The Hall–Kier alpha value is -2.96. The zero-order valence-corrected chi connectivity index (χ0v) is 10.5. The van der Waals surface area contributed by atoms with Crippen LogP contribution in [0, 0.1) is 17.0 Å². The summed E-state index contributed by atoms with van der Waals surface area (Å²) in [5, 5.41) is 19.9. The molecule has 0 unspecified atom stereocenters. The fraction of sp³-hybridized carbons (Fsp3) is 0.0769. The van der Waals surface area contributed by atoms with Crippen molar-refractivity contribution < 1.29 is 10.0 Å². The Morgan fingerprint density at radius 1 is 1.30 bits per heavy atom. The van der Waals surface area contributed by atoms with E-state index in [1.54, 1.807) is 6.08 Å². The molecule has 20 heavy (non-hydrogen) atoms. The molecule has 1 aromatic carbocycles. The standard InChI is InChI=1S/C13H11N3O4/c1-8-2-4-9(5-3-8)6-7-10-14-12(17)11(16(19)20)13(18)15-10/h2-7H,1H3,(H2,14,15,17,18). The van der Waals surface area contributed by atoms with E-state index in [0.717, 1.165) is 11.1 Å². The molecule has 0 atom stereocenters. The van der Waals surface area contributed by atoms with Crippen molar-refractivity contribution in [1.29, 1.82) is 0 Å². The van der Waals surface area contributed by atoms with Crippen LogP contribution in [0.5, 0.6) is 5.88 Å². The van der Waals surface area contributed by atoms with Crippen LogP contribution in [-0.2, 0) is 0 Å². The monoisotopic (exact) mass is 273 g/mol. The minimum Gasteiger partial charge on any atom is -0.488 e. The van der Waals surface area contributed by atoms with Crippen molar-refractivity contribution in [2.75, 3.05) is 0 Å². The van der Waals surface area contributed by atoms with Crippen LogP contribution in [0.25, 0.3) is 12.2 Å². The van der Waals surface area contributed by atoms with Crippen molar-refractivity contribution >= 4 is 17.8 Å². The molecule has 7 heteroatoms. The molecule has 1 aromatic heterocycles. The summed E-state index contributed by atoms with van der Waals surface area (Å²) in [6.45, 7) is 1.96. The number of aromatic amines is 1. The van der Waals surface area contributed by atoms with Crippen LogP contribution >= 0.6 is 0 Å². The zero-order chi connectivity index (χ0) is 14.7. The third kappa shape index (κ3) is 2.89. The van der Waals surface area contributed by atoms with E-state index in [0.29, 0.717) is 0 Å². The summed E-state index contributed by atoms with van der Waals surface area (Å²) in [6, 6.07) is 7.58. The largest absolute Gasteiger partial charge is 0.488 e. The van der Waals surface area contributed by atoms with Gasteiger partial charge in [0.2, 0.25) is 0 Å². The normalized spacial score (nSPS) is 10.8. The maximum atomic E-state index is 11.4. The van der Waals surface area contributed by atoms with Crippen LogP contribution in [0.1, 0.15) is 17.0 Å². The van der Waals surface area contributed by atoms with Gasteiger partial charge in [0, 0.05) is 0 Å². The number of nitro groups is 1. The molecule has 1 heterocycles. The third-order valence-electron chi connectivity index (χ3n) is 2.59. The lowest BCUT2D eigenvalue weighted by atomic mass is 10.1. The predicted molar refractivity (Wildman–Crippen MR) is 73.3 cm³/mol. The number of benzene rings is 1. The number of aromatic hydroxyl groups is 1. The van der Waals surface area contributed by atoms with E-state index in [-0.39, 0.29) is 5.82 Å². The average Bonchev–Trinajstić information content (AvgIpc) is 2.37. The second kappa shape index (κ2) is 5.35. The summed E-state index contributed by atoms with van der Waals surface area (Å²) in [5.41, 5.74) is 0.0290. The second-order valence-corrected chi connectivity index (χ2v) is 4.12. The van der Waals surface area contributed by atoms with E-state index >= 15 is 0 Å². The van der Waals surface area contributed by atoms with E-state index < -0.39 is 22.0 Å². The van der Waals surface area contributed by atoms with Gasteiger partial charge < -0.3 is 10.1 Å². The summed E-state index contributed by atoms with van der Waals surface area (Å²) < 4.78 is 0. The SMILES string of the molecule is Cc1ccc(C=Cc2nc(O)c([N+](=O)[O-])c(=O)[nH]2)cc1. The maximum absolute atomic E-state index is 11.4. The molecule has 0 aliphatic heterocycles. The molecule has 0 saturated carbocycles. The number of nitrogens with one attached hydrogen (secondary N) is 1. The van der Waals surface area contributed by atoms with E-state index in [2.05, 4.69) is 9.97 Å². The number of rotatable bonds is 3. The number of nitrogens with zero attached hydrogens (tertiary/aromatic N) is 2. The molecule has 0 aliphatic rings. The van der Waals surface area contributed by atoms with Crippen molar-refractivity contribution in [2.24, 2.45) is 0 Å². The van der Waals surface area contributed by atoms with Gasteiger partial charge in [0.25, 0.3) is 5.88 Å². The highest BCUT2D eigenvalue weighted by molar-refractivity contribution is 5.67. The molecule has 102 valence electrons. The smallest absolute Gasteiger partial charge is 0.395 e. The topological polar surface area (TPSA) is 109 Å². The van der Waals surface area contributed by atoms with Crippen LogP contribution in [0.4, 0.5) is 5.69 Å². The van der Waals surface area contributed by atoms with Gasteiger partial charge in [0.05, 0.1) is 4.92 Å². The molecular formula is C13H11N3O4. The van der Waals surface area contributed by atoms with E-state index in [1.807, 2.05) is 31.2 Å². The van der Waals surface area contributed by atoms with E-state index in [9.17, 15) is 20.0 Å². The number of hydrogen-bond donors (Lipinski definition) is 2. The van der Waals surface area contributed by atoms with E-state index in [1.165, 1.54) is 6.08 Å². The zero-order valence-electron chi connectivity index (χ0n) is 10.5. The van der Waals surface area contributed by atoms with Gasteiger partial charge >= 0.3 is 11.2 Å². The highest BCUT2D eigenvalue weighted by Crippen LogP contribution is 2.17. The molecule has 7 nitrogen and oxygen atoms in total. The first kappa shape index (κ1) is 13.5. The molecule has 2 N–H and O–H groups in total. The van der Waals surface area contributed by atoms with Crippen molar-refractivity contribution in [3.05, 3.63) is 61.7 Å². The lowest BCUT2D eigenvalue weighted by molar-refractivity contribution is -0.387. The van der Waals surface area contributed by atoms with Crippen LogP contribution in [0.2, 0.25) is 0 Å². The van der Waals surface area contributed by atoms with Crippen molar-refractivity contribution in [2.45, 2.75) is 6.92 Å². The molecule has 0 radical (unpaired) electrons. The fourth-order valence-corrected chi connectivity index (χ4v) is 1.57. The number of H-pyrrole nitrogens is 1. The summed E-state index contributed by atoms with van der Waals surface area (Å²) in [4.78, 5) is 26.8. The van der Waals surface area contributed by atoms with Gasteiger partial charge in [-0.05, 0) is 18.6 Å². The third-order valence-corrected chi connectivity index (χ3v) is 2.59. The van der Waals surface area contributed by atoms with Crippen molar-refractivity contribution in [3.8, 4) is 5.88 Å². The van der Waals surface area contributed by atoms with Gasteiger partial charge in [-0.3, -0.25) is 14.9 Å². The Labute approximate surface area is 113 Å². The molecule has 0 spiro atoms. The number of aromatic nitrogens is 2. The quantitative estimate of drug-likeness (QED) is 0.655. The lowest BCUT2D eigenvalue weighted by Crippen LogP contribution is -2.14. The van der Waals surface area contributed by atoms with Crippen LogP contribution in [-0.4, -0.2) is 20.0 Å². The summed E-state index contributed by atoms with van der Waals surface area (Å²) in [7, 11) is 0. The Morgan fingerprint density at radius 3 is 2.50 bits per heavy atom. The molecule has 0 bridgehead atoms. The first-order chi connectivity index (χ1) is 9.47. The number of hydrogen-bond acceptors (Lipinski definition) is 5. The predicted octanol–water partition coefficient (Wildman–Crippen LogP) is 1.86. The molecule has 2 rings (SSSR count). The minimum absolute atomic E-state index is 0.0404. The Bertz CT molecular complexity index is 732. The van der Waals surface area contributed by atoms with Gasteiger partial charge in [0.1, 0.15) is 5.82 Å². The Morgan fingerprint density at radius 2 is 1.95 bits per heavy atom. The molecule has 0 saturated heterocycles. The van der Waals surface area contributed by atoms with Crippen LogP contribution < -0.4 is 5.56 Å². The lowest BCUT2D eigenvalue weighted by Gasteiger charge is -1.97. The highest BCUT2D eigenvalue weighted by atomic mass is 16.6. The van der Waals surface area contributed by atoms with Gasteiger partial charge in [-0.15, -0.1) is 0 Å². The Kier molecular flexibility index (Phi) is 3.60. The van der Waals surface area contributed by atoms with Gasteiger partial charge in [-0.2, -0.15) is 4.98 Å². The summed E-state index contributed by atoms with van der Waals surface area (Å²) in [6.07, 6.45) is 3.12. The van der Waals surface area contributed by atoms with Gasteiger partial charge in [0.15, 0.2) is 0 Å². The molecule has 2 aromatic rings. The highest BCUT2D eigenvalue weighted by Gasteiger charge is 2.21. The first-order valence-corrected chi connectivity index (χ1v) is 5.70. The second-order valence-electron chi connectivity index (χ2n) is 4.12. The molecule has 0 amide bonds. The first-order valence-electron chi connectivity index (χ1n) is 5.70. The summed E-state index contributed by atoms with van der Waals surface area (Å²) in [5.74, 6) is -0.860. The maximum Gasteiger partial charge on any atom is 0.395 e. The Balaban J connectivity index is 2.33. The number of aryl methyl sites for hydroxylation is 1. The molecule has 0 aliphatic carbocycles. The van der Waals surface area contributed by atoms with Crippen molar-refractivity contribution in [3.63, 3.8) is 0 Å². The minimum atomic E-state index is -0.994. The van der Waals surface area contributed by atoms with Crippen molar-refractivity contribution in [1.82, 2.24) is 9.97 Å². The van der Waals surface area contributed by atoms with Gasteiger partial charge in [-0.1, -0.05) is 35.9 Å². The van der Waals surface area contributed by atoms with E-state index in [4.69, 9.17) is 0 Å². The average molecular weight is 273 g/mol. The molecular weight excluding hydrogens is 262 g/mol. The van der Waals surface area contributed by atoms with Gasteiger partial charge in [-0.25, -0.2) is 0 Å².